The van der Waals surface area contributed by atoms with Gasteiger partial charge in [0.25, 0.3) is 0 Å². The van der Waals surface area contributed by atoms with Crippen molar-refractivity contribution in [3.63, 3.8) is 0 Å². The standard InChI is InChI=1S/C12H18.Al.6ClH.Ti/c1-7-8(2)10(4)12(6)11(5)9(7)3;;;;;;;;/h1-6H3;;6*1H;/q;+1;;;;;;;+2/p-3. The maximum absolute atomic E-state index is 4.85. The molecule has 0 amide bonds. The average Bonchev–Trinajstić information content (AvgIpc) is 2.35. The van der Waals surface area contributed by atoms with Crippen LogP contribution in [0, 0.1) is 41.5 Å². The topological polar surface area (TPSA) is 0 Å². The van der Waals surface area contributed by atoms with Gasteiger partial charge in [-0.2, -0.15) is 0 Å². The summed E-state index contributed by atoms with van der Waals surface area (Å²) in [5.74, 6) is 0. The normalized spacial score (nSPS) is 7.40. The van der Waals surface area contributed by atoms with Crippen molar-refractivity contribution in [1.29, 1.82) is 0 Å². The van der Waals surface area contributed by atoms with Crippen LogP contribution in [-0.2, 0) is 19.4 Å². The zero-order valence-electron chi connectivity index (χ0n) is 12.4. The first kappa shape index (κ1) is 33.7. The van der Waals surface area contributed by atoms with Gasteiger partial charge in [-0.25, -0.2) is 0 Å². The molecule has 0 aliphatic rings. The molecular weight excluding hydrogens is 432 g/mol. The van der Waals surface area contributed by atoms with Gasteiger partial charge in [0.2, 0.25) is 0 Å². The van der Waals surface area contributed by atoms with E-state index in [1.165, 1.54) is 52.8 Å². The minimum absolute atomic E-state index is 0. The monoisotopic (exact) mass is 450 g/mol. The van der Waals surface area contributed by atoms with E-state index in [1.54, 1.807) is 0 Å². The van der Waals surface area contributed by atoms with Crippen molar-refractivity contribution >= 4 is 80.0 Å². The van der Waals surface area contributed by atoms with Gasteiger partial charge in [-0.3, -0.25) is 0 Å². The van der Waals surface area contributed by atoms with Crippen LogP contribution in [0.3, 0.4) is 0 Å². The van der Waals surface area contributed by atoms with Crippen LogP contribution in [0.2, 0.25) is 0 Å². The molecule has 20 heavy (non-hydrogen) atoms. The summed E-state index contributed by atoms with van der Waals surface area (Å²) in [6.45, 7) is 13.3. The minimum atomic E-state index is -0.306. The quantitative estimate of drug-likeness (QED) is 0.395. The summed E-state index contributed by atoms with van der Waals surface area (Å²) in [7, 11) is 14.3. The summed E-state index contributed by atoms with van der Waals surface area (Å²) >= 11 is 1.17. The number of rotatable bonds is 0. The van der Waals surface area contributed by atoms with E-state index >= 15 is 0 Å². The van der Waals surface area contributed by atoms with Crippen molar-refractivity contribution in [3.05, 3.63) is 33.4 Å². The summed E-state index contributed by atoms with van der Waals surface area (Å²) in [5.41, 5.74) is 8.73. The first-order chi connectivity index (χ1) is 7.88. The molecule has 0 aliphatic heterocycles. The Kier molecular flexibility index (Phi) is 32.5. The van der Waals surface area contributed by atoms with Gasteiger partial charge >= 0.3 is 28.7 Å². The van der Waals surface area contributed by atoms with Crippen LogP contribution >= 0.6 is 66.6 Å². The first-order valence-corrected chi connectivity index (χ1v) is 10.8. The maximum atomic E-state index is 4.85. The van der Waals surface area contributed by atoms with Gasteiger partial charge in [-0.1, -0.05) is 0 Å². The van der Waals surface area contributed by atoms with E-state index in [0.29, 0.717) is 0 Å². The average molecular weight is 453 g/mol. The van der Waals surface area contributed by atoms with Crippen LogP contribution < -0.4 is 0 Å². The van der Waals surface area contributed by atoms with Crippen molar-refractivity contribution in [2.24, 2.45) is 0 Å². The molecule has 0 bridgehead atoms. The van der Waals surface area contributed by atoms with Crippen LogP contribution in [0.4, 0.5) is 0 Å². The van der Waals surface area contributed by atoms with E-state index in [-0.39, 0.29) is 50.6 Å². The van der Waals surface area contributed by atoms with Gasteiger partial charge in [0.05, 0.1) is 0 Å². The molecule has 0 heterocycles. The van der Waals surface area contributed by atoms with E-state index in [0.717, 1.165) is 0 Å². The fourth-order valence-corrected chi connectivity index (χ4v) is 1.69. The molecule has 0 atom stereocenters. The molecule has 0 unspecified atom stereocenters. The third-order valence-corrected chi connectivity index (χ3v) is 3.38. The molecule has 118 valence electrons. The van der Waals surface area contributed by atoms with E-state index < -0.39 is 0 Å². The third kappa shape index (κ3) is 10.9. The molecule has 8 heteroatoms. The fourth-order valence-electron chi connectivity index (χ4n) is 1.69. The van der Waals surface area contributed by atoms with Crippen molar-refractivity contribution in [3.8, 4) is 0 Å². The van der Waals surface area contributed by atoms with Gasteiger partial charge in [0, 0.05) is 13.4 Å². The Labute approximate surface area is 172 Å². The Bertz CT molecular complexity index is 255. The molecule has 2 radical (unpaired) electrons. The second-order valence-electron chi connectivity index (χ2n) is 3.83. The molecule has 1 aromatic rings. The van der Waals surface area contributed by atoms with Crippen molar-refractivity contribution in [1.82, 2.24) is 0 Å². The molecule has 1 aromatic carbocycles. The summed E-state index contributed by atoms with van der Waals surface area (Å²) < 4.78 is 0. The van der Waals surface area contributed by atoms with Crippen LogP contribution in [0.1, 0.15) is 33.4 Å². The predicted octanol–water partition coefficient (Wildman–Crippen LogP) is 6.49. The molecule has 1 rings (SSSR count). The van der Waals surface area contributed by atoms with Crippen LogP contribution in [-0.4, -0.2) is 13.4 Å². The van der Waals surface area contributed by atoms with Gasteiger partial charge in [0.15, 0.2) is 0 Å². The van der Waals surface area contributed by atoms with Gasteiger partial charge < -0.3 is 20.1 Å². The van der Waals surface area contributed by atoms with Crippen molar-refractivity contribution in [2.75, 3.05) is 0 Å². The molecule has 0 N–H and O–H groups in total. The Morgan fingerprint density at radius 1 is 0.550 bits per heavy atom. The van der Waals surface area contributed by atoms with Crippen LogP contribution in [0.5, 0.6) is 0 Å². The summed E-state index contributed by atoms with van der Waals surface area (Å²) in [6.07, 6.45) is 0. The van der Waals surface area contributed by atoms with Gasteiger partial charge in [-0.05, 0) is 74.9 Å². The van der Waals surface area contributed by atoms with E-state index in [4.69, 9.17) is 20.1 Å². The second kappa shape index (κ2) is 19.3. The summed E-state index contributed by atoms with van der Waals surface area (Å²) in [5, 5.41) is 0. The molecule has 0 aliphatic carbocycles. The first-order valence-electron chi connectivity index (χ1n) is 5.13. The predicted molar refractivity (Wildman–Crippen MR) is 99.9 cm³/mol. The fraction of sp³-hybridized carbons (Fsp3) is 0.500. The van der Waals surface area contributed by atoms with Gasteiger partial charge in [-0.15, -0.1) is 37.2 Å². The van der Waals surface area contributed by atoms with Crippen molar-refractivity contribution in [2.45, 2.75) is 41.5 Å². The number of hydrogen-bond donors (Lipinski definition) is 0. The summed E-state index contributed by atoms with van der Waals surface area (Å²) in [4.78, 5) is 0. The molecular formula is C12H21AlCl6Ti. The van der Waals surface area contributed by atoms with Crippen molar-refractivity contribution < 1.29 is 19.4 Å². The molecule has 0 nitrogen and oxygen atoms in total. The molecule has 0 spiro atoms. The van der Waals surface area contributed by atoms with Gasteiger partial charge in [0.1, 0.15) is 0 Å². The number of hydrogen-bond acceptors (Lipinski definition) is 0. The Balaban J connectivity index is -0.0000000837. The Morgan fingerprint density at radius 3 is 0.650 bits per heavy atom. The second-order valence-corrected chi connectivity index (χ2v) is 5.98. The zero-order chi connectivity index (χ0) is 14.2. The Hall–Kier alpha value is 2.21. The third-order valence-electron chi connectivity index (χ3n) is 3.38. The van der Waals surface area contributed by atoms with Crippen LogP contribution in [0.15, 0.2) is 0 Å². The number of halogens is 6. The van der Waals surface area contributed by atoms with E-state index in [1.807, 2.05) is 0 Å². The van der Waals surface area contributed by atoms with E-state index in [2.05, 4.69) is 50.8 Å². The SMILES string of the molecule is Cc1c(C)c(C)c(C)c(C)c1C.Cl.Cl.Cl.[Cl][Al-][Cl].[Cl][Ti+]. The Morgan fingerprint density at radius 2 is 0.600 bits per heavy atom. The summed E-state index contributed by atoms with van der Waals surface area (Å²) in [6, 6.07) is 0. The van der Waals surface area contributed by atoms with E-state index in [9.17, 15) is 0 Å². The zero-order valence-corrected chi connectivity index (χ0v) is 19.9. The molecule has 0 saturated heterocycles. The molecule has 0 aromatic heterocycles. The van der Waals surface area contributed by atoms with Crippen LogP contribution in [0.25, 0.3) is 0 Å². The molecule has 0 fully saturated rings. The molecule has 0 saturated carbocycles. The number of benzene rings is 1.